The number of hydrogen-bond donors (Lipinski definition) is 0. The second kappa shape index (κ2) is 5.54. The van der Waals surface area contributed by atoms with Gasteiger partial charge in [0.15, 0.2) is 0 Å². The van der Waals surface area contributed by atoms with Crippen molar-refractivity contribution in [2.75, 3.05) is 13.2 Å². The molecule has 0 aromatic heterocycles. The predicted molar refractivity (Wildman–Crippen MR) is 40.2 cm³/mol. The number of esters is 2. The molecule has 0 unspecified atom stereocenters. The first kappa shape index (κ1) is 10.9. The number of hydrogen-bond acceptors (Lipinski definition) is 4. The van der Waals surface area contributed by atoms with E-state index in [0.29, 0.717) is 0 Å². The van der Waals surface area contributed by atoms with Gasteiger partial charge in [0, 0.05) is 0 Å². The molecular formula is C7H12NO4. The van der Waals surface area contributed by atoms with Crippen LogP contribution in [-0.4, -0.2) is 31.2 Å². The van der Waals surface area contributed by atoms with E-state index in [-0.39, 0.29) is 13.2 Å². The van der Waals surface area contributed by atoms with Crippen molar-refractivity contribution in [2.45, 2.75) is 19.9 Å². The lowest BCUT2D eigenvalue weighted by Gasteiger charge is -2.07. The van der Waals surface area contributed by atoms with Gasteiger partial charge in [0.2, 0.25) is 6.04 Å². The SMILES string of the molecule is CCOC(=O)C([NH])C(=O)OCC. The van der Waals surface area contributed by atoms with E-state index >= 15 is 0 Å². The summed E-state index contributed by atoms with van der Waals surface area (Å²) in [5.74, 6) is -1.73. The summed E-state index contributed by atoms with van der Waals surface area (Å²) in [7, 11) is 0. The zero-order valence-electron chi connectivity index (χ0n) is 7.12. The largest absolute Gasteiger partial charge is 0.464 e. The van der Waals surface area contributed by atoms with Gasteiger partial charge in [-0.25, -0.2) is 15.3 Å². The summed E-state index contributed by atoms with van der Waals surface area (Å²) in [5, 5.41) is 0. The molecule has 0 aliphatic rings. The molecule has 1 radical (unpaired) electrons. The molecule has 69 valence electrons. The van der Waals surface area contributed by atoms with Crippen molar-refractivity contribution < 1.29 is 19.1 Å². The number of rotatable bonds is 4. The minimum absolute atomic E-state index is 0.160. The van der Waals surface area contributed by atoms with E-state index in [2.05, 4.69) is 9.47 Å². The average Bonchev–Trinajstić information content (AvgIpc) is 2.04. The monoisotopic (exact) mass is 174 g/mol. The van der Waals surface area contributed by atoms with E-state index in [1.165, 1.54) is 0 Å². The molecule has 0 rings (SSSR count). The maximum absolute atomic E-state index is 10.7. The number of carbonyl (C=O) groups excluding carboxylic acids is 2. The minimum atomic E-state index is -1.56. The molecule has 0 spiro atoms. The fourth-order valence-corrected chi connectivity index (χ4v) is 0.547. The molecule has 0 saturated carbocycles. The quantitative estimate of drug-likeness (QED) is 0.435. The Hall–Kier alpha value is -1.10. The van der Waals surface area contributed by atoms with Crippen LogP contribution in [0.2, 0.25) is 0 Å². The number of ether oxygens (including phenoxy) is 2. The molecule has 0 amide bonds. The van der Waals surface area contributed by atoms with Crippen molar-refractivity contribution in [3.05, 3.63) is 0 Å². The van der Waals surface area contributed by atoms with Crippen LogP contribution in [-0.2, 0) is 19.1 Å². The van der Waals surface area contributed by atoms with Gasteiger partial charge in [0.1, 0.15) is 0 Å². The van der Waals surface area contributed by atoms with E-state index in [1.807, 2.05) is 0 Å². The van der Waals surface area contributed by atoms with Crippen molar-refractivity contribution in [3.8, 4) is 0 Å². The molecule has 0 atom stereocenters. The molecular weight excluding hydrogens is 162 g/mol. The Morgan fingerprint density at radius 3 is 1.75 bits per heavy atom. The molecule has 12 heavy (non-hydrogen) atoms. The van der Waals surface area contributed by atoms with Crippen molar-refractivity contribution in [1.82, 2.24) is 5.73 Å². The van der Waals surface area contributed by atoms with Gasteiger partial charge in [0.05, 0.1) is 13.2 Å². The maximum Gasteiger partial charge on any atom is 0.336 e. The lowest BCUT2D eigenvalue weighted by molar-refractivity contribution is -0.156. The van der Waals surface area contributed by atoms with Gasteiger partial charge in [-0.05, 0) is 13.8 Å². The Labute approximate surface area is 70.8 Å². The van der Waals surface area contributed by atoms with Crippen LogP contribution >= 0.6 is 0 Å². The molecule has 0 saturated heterocycles. The second-order valence-electron chi connectivity index (χ2n) is 1.94. The van der Waals surface area contributed by atoms with Crippen LogP contribution in [0.1, 0.15) is 13.8 Å². The summed E-state index contributed by atoms with van der Waals surface area (Å²) in [6.07, 6.45) is 0. The first-order valence-electron chi connectivity index (χ1n) is 3.67. The van der Waals surface area contributed by atoms with Gasteiger partial charge < -0.3 is 9.47 Å². The van der Waals surface area contributed by atoms with Crippen molar-refractivity contribution in [3.63, 3.8) is 0 Å². The van der Waals surface area contributed by atoms with Crippen molar-refractivity contribution in [2.24, 2.45) is 0 Å². The van der Waals surface area contributed by atoms with Crippen LogP contribution in [0, 0.1) is 0 Å². The fraction of sp³-hybridized carbons (Fsp3) is 0.714. The lowest BCUT2D eigenvalue weighted by atomic mass is 10.3. The summed E-state index contributed by atoms with van der Waals surface area (Å²) in [6, 6.07) is -1.56. The third-order valence-electron chi connectivity index (χ3n) is 1.04. The van der Waals surface area contributed by atoms with Crippen LogP contribution in [0.15, 0.2) is 0 Å². The lowest BCUT2D eigenvalue weighted by Crippen LogP contribution is -2.34. The van der Waals surface area contributed by atoms with Crippen LogP contribution in [0.4, 0.5) is 0 Å². The Kier molecular flexibility index (Phi) is 5.03. The Morgan fingerprint density at radius 2 is 1.50 bits per heavy atom. The van der Waals surface area contributed by atoms with Gasteiger partial charge in [0.25, 0.3) is 0 Å². The normalized spacial score (nSPS) is 9.67. The second-order valence-corrected chi connectivity index (χ2v) is 1.94. The summed E-state index contributed by atoms with van der Waals surface area (Å²) < 4.78 is 8.89. The standard InChI is InChI=1S/C7H12NO4/c1-3-11-6(9)5(8)7(10)12-4-2/h5,8H,3-4H2,1-2H3. The van der Waals surface area contributed by atoms with Crippen LogP contribution in [0.25, 0.3) is 0 Å². The molecule has 0 fully saturated rings. The van der Waals surface area contributed by atoms with Crippen LogP contribution in [0.3, 0.4) is 0 Å². The molecule has 0 aromatic carbocycles. The van der Waals surface area contributed by atoms with Gasteiger partial charge in [-0.3, -0.25) is 0 Å². The van der Waals surface area contributed by atoms with Gasteiger partial charge in [-0.1, -0.05) is 0 Å². The van der Waals surface area contributed by atoms with Gasteiger partial charge in [-0.2, -0.15) is 0 Å². The highest BCUT2D eigenvalue weighted by atomic mass is 16.6. The first-order chi connectivity index (χ1) is 5.63. The van der Waals surface area contributed by atoms with Gasteiger partial charge in [-0.15, -0.1) is 0 Å². The average molecular weight is 174 g/mol. The Morgan fingerprint density at radius 1 is 1.17 bits per heavy atom. The summed E-state index contributed by atoms with van der Waals surface area (Å²) in [4.78, 5) is 21.5. The van der Waals surface area contributed by atoms with Crippen molar-refractivity contribution in [1.29, 1.82) is 0 Å². The van der Waals surface area contributed by atoms with Crippen LogP contribution < -0.4 is 5.73 Å². The van der Waals surface area contributed by atoms with E-state index in [4.69, 9.17) is 5.73 Å². The highest BCUT2D eigenvalue weighted by molar-refractivity contribution is 5.98. The molecule has 0 bridgehead atoms. The molecule has 0 heterocycles. The summed E-state index contributed by atoms with van der Waals surface area (Å²) in [5.41, 5.74) is 7.04. The zero-order valence-corrected chi connectivity index (χ0v) is 7.12. The molecule has 0 aromatic rings. The van der Waals surface area contributed by atoms with E-state index in [0.717, 1.165) is 0 Å². The minimum Gasteiger partial charge on any atom is -0.464 e. The molecule has 5 nitrogen and oxygen atoms in total. The summed E-state index contributed by atoms with van der Waals surface area (Å²) >= 11 is 0. The van der Waals surface area contributed by atoms with E-state index < -0.39 is 18.0 Å². The molecule has 0 aliphatic carbocycles. The predicted octanol–water partition coefficient (Wildman–Crippen LogP) is -0.236. The Balaban J connectivity index is 3.91. The zero-order chi connectivity index (χ0) is 9.56. The smallest absolute Gasteiger partial charge is 0.336 e. The van der Waals surface area contributed by atoms with E-state index in [1.54, 1.807) is 13.8 Å². The first-order valence-corrected chi connectivity index (χ1v) is 3.67. The molecule has 1 N–H and O–H groups in total. The van der Waals surface area contributed by atoms with Gasteiger partial charge >= 0.3 is 11.9 Å². The molecule has 0 aliphatic heterocycles. The Bertz CT molecular complexity index is 151. The fourth-order valence-electron chi connectivity index (χ4n) is 0.547. The maximum atomic E-state index is 10.7. The van der Waals surface area contributed by atoms with Crippen molar-refractivity contribution >= 4 is 11.9 Å². The number of nitrogens with one attached hydrogen (secondary N) is 1. The van der Waals surface area contributed by atoms with E-state index in [9.17, 15) is 9.59 Å². The van der Waals surface area contributed by atoms with Crippen LogP contribution in [0.5, 0.6) is 0 Å². The number of carbonyl (C=O) groups is 2. The highest BCUT2D eigenvalue weighted by Gasteiger charge is 2.25. The molecule has 5 heteroatoms. The highest BCUT2D eigenvalue weighted by Crippen LogP contribution is 1.91. The third kappa shape index (κ3) is 3.34. The third-order valence-corrected chi connectivity index (χ3v) is 1.04. The summed E-state index contributed by atoms with van der Waals surface area (Å²) in [6.45, 7) is 3.53. The topological polar surface area (TPSA) is 76.4 Å².